The monoisotopic (exact) mass is 974 g/mol. The fourth-order valence-electron chi connectivity index (χ4n) is 8.03. The average Bonchev–Trinajstić information content (AvgIpc) is 3.48. The van der Waals surface area contributed by atoms with Gasteiger partial charge >= 0.3 is 23.2 Å². The summed E-state index contributed by atoms with van der Waals surface area (Å²) in [4.78, 5) is 79.1. The minimum Gasteiger partial charge on any atom is -0.494 e. The Morgan fingerprint density at radius 1 is 0.431 bits per heavy atom. The molecule has 0 N–H and O–H groups in total. The van der Waals surface area contributed by atoms with Crippen molar-refractivity contribution in [2.24, 2.45) is 0 Å². The molecule has 0 aliphatic carbocycles. The zero-order valence-corrected chi connectivity index (χ0v) is 39.0. The smallest absolute Gasteiger partial charge is 0.350 e. The molecular weight excluding hydrogens is 927 g/mol. The topological polar surface area (TPSA) is 162 Å². The number of benzene rings is 6. The van der Waals surface area contributed by atoms with E-state index in [0.717, 1.165) is 49.7 Å². The van der Waals surface area contributed by atoms with Gasteiger partial charge in [-0.1, -0.05) is 36.4 Å². The number of hydrogen-bond donors (Lipinski definition) is 0. The van der Waals surface area contributed by atoms with Crippen LogP contribution >= 0.6 is 0 Å². The first kappa shape index (κ1) is 49.9. The van der Waals surface area contributed by atoms with E-state index >= 15 is 0 Å². The van der Waals surface area contributed by atoms with E-state index in [2.05, 4.69) is 0 Å². The van der Waals surface area contributed by atoms with E-state index in [1.54, 1.807) is 24.3 Å². The van der Waals surface area contributed by atoms with Crippen LogP contribution < -0.4 is 30.2 Å². The Labute approximate surface area is 412 Å². The van der Waals surface area contributed by atoms with Gasteiger partial charge in [-0.2, -0.15) is 0 Å². The minimum atomic E-state index is -1.14. The highest BCUT2D eigenvalue weighted by Gasteiger charge is 2.31. The number of esters is 2. The number of carbonyl (C=O) groups is 4. The van der Waals surface area contributed by atoms with Crippen molar-refractivity contribution in [2.75, 3.05) is 26.4 Å². The third-order valence-electron chi connectivity index (χ3n) is 11.8. The van der Waals surface area contributed by atoms with Crippen LogP contribution in [0.25, 0.3) is 33.7 Å². The maximum absolute atomic E-state index is 13.7. The highest BCUT2D eigenvalue weighted by atomic mass is 19.1. The standard InChI is InChI=1S/C58H48F2O12/c59-41-19-15-39(16-20-41)47(61)29-13-37-9-23-43(24-10-37)67-33-5-1-3-7-35-69-49-31-27-45-46-28-32-50(54-52(46)56(64)71-55(63)51(45)53(49)57(65)72-58(54)66)70-36-8-4-2-6-34-68-44-25-11-38(12-26-44)14-30-48(62)40-17-21-42(60)22-18-40/h9-32H,1-8,33-36H2. The molecule has 2 heterocycles. The maximum Gasteiger partial charge on any atom is 0.350 e. The fraction of sp³-hybridized carbons (Fsp3) is 0.207. The lowest BCUT2D eigenvalue weighted by Crippen LogP contribution is -2.20. The van der Waals surface area contributed by atoms with Crippen molar-refractivity contribution in [2.45, 2.75) is 51.4 Å². The summed E-state index contributed by atoms with van der Waals surface area (Å²) in [7, 11) is 0. The third kappa shape index (κ3) is 12.6. The second kappa shape index (κ2) is 23.9. The van der Waals surface area contributed by atoms with Gasteiger partial charge in [0.25, 0.3) is 0 Å². The molecule has 0 spiro atoms. The van der Waals surface area contributed by atoms with Gasteiger partial charge in [0.05, 0.1) is 37.2 Å². The van der Waals surface area contributed by atoms with Gasteiger partial charge in [-0.05, 0) is 182 Å². The van der Waals surface area contributed by atoms with Gasteiger partial charge in [-0.15, -0.1) is 0 Å². The molecule has 7 aromatic rings. The summed E-state index contributed by atoms with van der Waals surface area (Å²) < 4.78 is 60.6. The number of allylic oxidation sites excluding steroid dienone is 2. The third-order valence-corrected chi connectivity index (χ3v) is 11.8. The van der Waals surface area contributed by atoms with Gasteiger partial charge in [-0.25, -0.2) is 28.0 Å². The molecule has 1 aliphatic heterocycles. The molecule has 0 saturated carbocycles. The Bertz CT molecular complexity index is 3070. The van der Waals surface area contributed by atoms with Crippen LogP contribution in [0, 0.1) is 11.6 Å². The fourth-order valence-corrected chi connectivity index (χ4v) is 8.03. The van der Waals surface area contributed by atoms with Gasteiger partial charge in [0, 0.05) is 11.1 Å². The molecule has 12 nitrogen and oxygen atoms in total. The first-order chi connectivity index (χ1) is 35.0. The number of ketones is 2. The SMILES string of the molecule is O=C(C=Cc1ccc(OCCCCCCOc2ccc3c4c2C(=O)OC(=O)c2c(OCCCCCCOc5ccc(C=CC(=O)c6ccc(F)cc6)cc5)ccc3c2c(=O)oc4=O)cc1)c1ccc(F)cc1. The van der Waals surface area contributed by atoms with Crippen molar-refractivity contribution in [3.05, 3.63) is 199 Å². The predicted octanol–water partition coefficient (Wildman–Crippen LogP) is 11.7. The number of rotatable bonds is 24. The van der Waals surface area contributed by atoms with E-state index in [4.69, 9.17) is 28.1 Å². The van der Waals surface area contributed by atoms with Crippen LogP contribution in [0.15, 0.2) is 147 Å². The molecule has 6 aromatic carbocycles. The van der Waals surface area contributed by atoms with E-state index in [9.17, 15) is 37.5 Å². The molecule has 14 heteroatoms. The van der Waals surface area contributed by atoms with Gasteiger partial charge in [0.1, 0.15) is 45.8 Å². The van der Waals surface area contributed by atoms with Crippen LogP contribution in [-0.4, -0.2) is 49.9 Å². The Morgan fingerprint density at radius 3 is 1.17 bits per heavy atom. The van der Waals surface area contributed by atoms with Crippen LogP contribution in [0.4, 0.5) is 8.78 Å². The molecule has 8 rings (SSSR count). The van der Waals surface area contributed by atoms with Crippen molar-refractivity contribution in [1.82, 2.24) is 0 Å². The van der Waals surface area contributed by atoms with Crippen molar-refractivity contribution >= 4 is 57.2 Å². The zero-order valence-electron chi connectivity index (χ0n) is 39.0. The van der Waals surface area contributed by atoms with Gasteiger partial charge < -0.3 is 28.1 Å². The number of ether oxygens (including phenoxy) is 5. The lowest BCUT2D eigenvalue weighted by Gasteiger charge is -2.13. The van der Waals surface area contributed by atoms with Crippen molar-refractivity contribution in [3.63, 3.8) is 0 Å². The number of cyclic esters (lactones) is 2. The van der Waals surface area contributed by atoms with Gasteiger partial charge in [0.2, 0.25) is 0 Å². The summed E-state index contributed by atoms with van der Waals surface area (Å²) >= 11 is 0. The number of carbonyl (C=O) groups excluding carboxylic acids is 4. The summed E-state index contributed by atoms with van der Waals surface area (Å²) in [6, 6.07) is 31.4. The van der Waals surface area contributed by atoms with E-state index in [-0.39, 0.29) is 69.0 Å². The molecule has 0 radical (unpaired) electrons. The molecule has 0 atom stereocenters. The number of hydrogen-bond acceptors (Lipinski definition) is 12. The van der Waals surface area contributed by atoms with Crippen LogP contribution in [0.2, 0.25) is 0 Å². The Balaban J connectivity index is 0.789. The average molecular weight is 975 g/mol. The van der Waals surface area contributed by atoms with Gasteiger partial charge in [-0.3, -0.25) is 9.59 Å². The molecule has 1 aromatic heterocycles. The Morgan fingerprint density at radius 2 is 0.792 bits per heavy atom. The molecule has 6 bridgehead atoms. The molecule has 0 unspecified atom stereocenters. The van der Waals surface area contributed by atoms with E-state index < -0.39 is 34.8 Å². The highest BCUT2D eigenvalue weighted by Crippen LogP contribution is 2.36. The van der Waals surface area contributed by atoms with E-state index in [1.807, 2.05) is 48.5 Å². The second-order valence-electron chi connectivity index (χ2n) is 16.8. The van der Waals surface area contributed by atoms with Crippen molar-refractivity contribution < 1.29 is 56.1 Å². The predicted molar refractivity (Wildman–Crippen MR) is 267 cm³/mol. The Hall–Kier alpha value is -8.52. The van der Waals surface area contributed by atoms with Crippen LogP contribution in [0.5, 0.6) is 23.0 Å². The molecule has 366 valence electrons. The molecule has 0 fully saturated rings. The molecule has 1 aliphatic rings. The first-order valence-corrected chi connectivity index (χ1v) is 23.6. The van der Waals surface area contributed by atoms with Gasteiger partial charge in [0.15, 0.2) is 11.6 Å². The molecular formula is C58H48F2O12. The molecule has 72 heavy (non-hydrogen) atoms. The normalized spacial score (nSPS) is 12.1. The number of unbranched alkanes of at least 4 members (excludes halogenated alkanes) is 6. The summed E-state index contributed by atoms with van der Waals surface area (Å²) in [6.45, 7) is 1.27. The second-order valence-corrected chi connectivity index (χ2v) is 16.8. The highest BCUT2D eigenvalue weighted by molar-refractivity contribution is 6.22. The summed E-state index contributed by atoms with van der Waals surface area (Å²) in [6.07, 6.45) is 12.0. The molecule has 0 amide bonds. The van der Waals surface area contributed by atoms with Crippen LogP contribution in [0.3, 0.4) is 0 Å². The lowest BCUT2D eigenvalue weighted by atomic mass is 10.00. The summed E-state index contributed by atoms with van der Waals surface area (Å²) in [5, 5.41) is -0.0830. The van der Waals surface area contributed by atoms with Crippen LogP contribution in [0.1, 0.15) is 104 Å². The van der Waals surface area contributed by atoms with E-state index in [0.29, 0.717) is 48.7 Å². The Kier molecular flexibility index (Phi) is 16.5. The quantitative estimate of drug-likeness (QED) is 0.0185. The maximum atomic E-state index is 13.7. The summed E-state index contributed by atoms with van der Waals surface area (Å²) in [5.41, 5.74) is -0.410. The lowest BCUT2D eigenvalue weighted by molar-refractivity contribution is 0.0394. The van der Waals surface area contributed by atoms with E-state index in [1.165, 1.54) is 72.8 Å². The van der Waals surface area contributed by atoms with Crippen molar-refractivity contribution in [3.8, 4) is 23.0 Å². The number of halogens is 2. The largest absolute Gasteiger partial charge is 0.494 e. The van der Waals surface area contributed by atoms with Crippen LogP contribution in [-0.2, 0) is 4.74 Å². The zero-order chi connectivity index (χ0) is 50.4. The molecule has 0 saturated heterocycles. The first-order valence-electron chi connectivity index (χ1n) is 23.6. The summed E-state index contributed by atoms with van der Waals surface area (Å²) in [5.74, 6) is -2.20. The van der Waals surface area contributed by atoms with Crippen molar-refractivity contribution in [1.29, 1.82) is 0 Å². The minimum absolute atomic E-state index is 0.00176.